The first-order valence-electron chi connectivity index (χ1n) is 10.7. The van der Waals surface area contributed by atoms with Gasteiger partial charge in [-0.05, 0) is 52.0 Å². The van der Waals surface area contributed by atoms with Crippen LogP contribution in [0.15, 0.2) is 29.6 Å². The van der Waals surface area contributed by atoms with Gasteiger partial charge in [-0.1, -0.05) is 11.6 Å². The van der Waals surface area contributed by atoms with E-state index in [2.05, 4.69) is 34.1 Å². The summed E-state index contributed by atoms with van der Waals surface area (Å²) in [6.07, 6.45) is 0.687. The highest BCUT2D eigenvalue weighted by molar-refractivity contribution is 7.13. The van der Waals surface area contributed by atoms with Crippen LogP contribution in [0, 0.1) is 13.8 Å². The van der Waals surface area contributed by atoms with Gasteiger partial charge in [-0.3, -0.25) is 9.69 Å². The Bertz CT molecular complexity index is 1080. The van der Waals surface area contributed by atoms with Crippen LogP contribution in [0.2, 0.25) is 5.02 Å². The molecule has 1 aliphatic rings. The SMILES string of the molecule is Cc1nn(-c2ccc(Cl)cc2)c(C)c1CC(=O)Nc1nc(CN2CC(C)OC(C)C2)cs1. The van der Waals surface area contributed by atoms with E-state index in [9.17, 15) is 4.79 Å². The lowest BCUT2D eigenvalue weighted by atomic mass is 10.1. The van der Waals surface area contributed by atoms with Gasteiger partial charge in [-0.25, -0.2) is 9.67 Å². The van der Waals surface area contributed by atoms with Crippen LogP contribution in [0.3, 0.4) is 0 Å². The van der Waals surface area contributed by atoms with Crippen LogP contribution >= 0.6 is 22.9 Å². The molecule has 0 radical (unpaired) electrons. The lowest BCUT2D eigenvalue weighted by molar-refractivity contribution is -0.115. The molecule has 1 fully saturated rings. The number of ether oxygens (including phenoxy) is 1. The van der Waals surface area contributed by atoms with Crippen LogP contribution in [0.4, 0.5) is 5.13 Å². The Hall–Kier alpha value is -2.26. The van der Waals surface area contributed by atoms with Crippen LogP contribution in [0.5, 0.6) is 0 Å². The molecular formula is C23H28ClN5O2S. The van der Waals surface area contributed by atoms with Gasteiger partial charge in [-0.15, -0.1) is 11.3 Å². The third kappa shape index (κ3) is 5.38. The van der Waals surface area contributed by atoms with Gasteiger partial charge >= 0.3 is 0 Å². The van der Waals surface area contributed by atoms with Gasteiger partial charge in [-0.2, -0.15) is 5.10 Å². The standard InChI is InChI=1S/C23H28ClN5O2S/c1-14-10-28(11-15(2)31-14)12-19-13-32-23(25-19)26-22(30)9-21-16(3)27-29(17(21)4)20-7-5-18(24)6-8-20/h5-8,13-15H,9-12H2,1-4H3,(H,25,26,30). The molecule has 1 aliphatic heterocycles. The van der Waals surface area contributed by atoms with Crippen molar-refractivity contribution in [1.82, 2.24) is 19.7 Å². The first-order valence-corrected chi connectivity index (χ1v) is 12.0. The average molecular weight is 474 g/mol. The predicted molar refractivity (Wildman–Crippen MR) is 128 cm³/mol. The number of rotatable bonds is 6. The Morgan fingerprint density at radius 1 is 1.22 bits per heavy atom. The number of amides is 1. The second-order valence-electron chi connectivity index (χ2n) is 8.36. The van der Waals surface area contributed by atoms with Crippen molar-refractivity contribution < 1.29 is 9.53 Å². The van der Waals surface area contributed by atoms with Gasteiger partial charge in [0.2, 0.25) is 5.91 Å². The molecule has 170 valence electrons. The molecule has 0 saturated carbocycles. The Balaban J connectivity index is 1.39. The van der Waals surface area contributed by atoms with Crippen LogP contribution in [0.1, 0.15) is 36.5 Å². The summed E-state index contributed by atoms with van der Waals surface area (Å²) in [6.45, 7) is 10.6. The highest BCUT2D eigenvalue weighted by atomic mass is 35.5. The minimum absolute atomic E-state index is 0.0960. The number of hydrogen-bond donors (Lipinski definition) is 1. The first-order chi connectivity index (χ1) is 15.3. The molecule has 1 amide bonds. The van der Waals surface area contributed by atoms with Crippen molar-refractivity contribution in [1.29, 1.82) is 0 Å². The van der Waals surface area contributed by atoms with Gasteiger partial charge in [0.25, 0.3) is 0 Å². The number of nitrogens with one attached hydrogen (secondary N) is 1. The molecule has 3 aromatic rings. The average Bonchev–Trinajstić information content (AvgIpc) is 3.26. The molecule has 1 N–H and O–H groups in total. The van der Waals surface area contributed by atoms with Crippen molar-refractivity contribution in [2.24, 2.45) is 0 Å². The molecule has 0 spiro atoms. The zero-order valence-corrected chi connectivity index (χ0v) is 20.3. The van der Waals surface area contributed by atoms with E-state index >= 15 is 0 Å². The number of nitrogens with zero attached hydrogens (tertiary/aromatic N) is 4. The minimum Gasteiger partial charge on any atom is -0.373 e. The summed E-state index contributed by atoms with van der Waals surface area (Å²) >= 11 is 7.45. The number of benzene rings is 1. The quantitative estimate of drug-likeness (QED) is 0.574. The van der Waals surface area contributed by atoms with Crippen LogP contribution < -0.4 is 5.32 Å². The fourth-order valence-electron chi connectivity index (χ4n) is 4.17. The first kappa shape index (κ1) is 22.9. The van der Waals surface area contributed by atoms with Crippen molar-refractivity contribution in [3.05, 3.63) is 57.3 Å². The van der Waals surface area contributed by atoms with Crippen molar-refractivity contribution in [2.75, 3.05) is 18.4 Å². The number of hydrogen-bond acceptors (Lipinski definition) is 6. The zero-order chi connectivity index (χ0) is 22.8. The molecule has 4 rings (SSSR count). The molecule has 1 saturated heterocycles. The number of aromatic nitrogens is 3. The number of thiazole rings is 1. The lowest BCUT2D eigenvalue weighted by Gasteiger charge is -2.34. The third-order valence-corrected chi connectivity index (χ3v) is 6.59. The van der Waals surface area contributed by atoms with E-state index in [0.29, 0.717) is 10.2 Å². The largest absolute Gasteiger partial charge is 0.373 e. The summed E-state index contributed by atoms with van der Waals surface area (Å²) < 4.78 is 7.64. The van der Waals surface area contributed by atoms with Crippen LogP contribution in [-0.4, -0.2) is 50.9 Å². The molecule has 32 heavy (non-hydrogen) atoms. The highest BCUT2D eigenvalue weighted by Gasteiger charge is 2.23. The normalized spacial score (nSPS) is 19.3. The molecule has 3 heterocycles. The van der Waals surface area contributed by atoms with Gasteiger partial charge in [0.15, 0.2) is 5.13 Å². The Morgan fingerprint density at radius 3 is 2.59 bits per heavy atom. The second kappa shape index (κ2) is 9.70. The summed E-state index contributed by atoms with van der Waals surface area (Å²) in [5.41, 5.74) is 4.58. The number of morpholine rings is 1. The number of carbonyl (C=O) groups is 1. The molecule has 7 nitrogen and oxygen atoms in total. The monoisotopic (exact) mass is 473 g/mol. The molecular weight excluding hydrogens is 446 g/mol. The fraction of sp³-hybridized carbons (Fsp3) is 0.435. The van der Waals surface area contributed by atoms with Crippen molar-refractivity contribution in [3.63, 3.8) is 0 Å². The predicted octanol–water partition coefficient (Wildman–Crippen LogP) is 4.39. The minimum atomic E-state index is -0.0960. The maximum absolute atomic E-state index is 12.7. The van der Waals surface area contributed by atoms with Crippen molar-refractivity contribution in [3.8, 4) is 5.69 Å². The number of carbonyl (C=O) groups excluding carboxylic acids is 1. The summed E-state index contributed by atoms with van der Waals surface area (Å²) in [6, 6.07) is 7.49. The smallest absolute Gasteiger partial charge is 0.230 e. The highest BCUT2D eigenvalue weighted by Crippen LogP contribution is 2.22. The summed E-state index contributed by atoms with van der Waals surface area (Å²) in [7, 11) is 0. The van der Waals surface area contributed by atoms with E-state index in [1.807, 2.05) is 48.2 Å². The van der Waals surface area contributed by atoms with E-state index in [1.165, 1.54) is 11.3 Å². The van der Waals surface area contributed by atoms with Gasteiger partial charge < -0.3 is 10.1 Å². The summed E-state index contributed by atoms with van der Waals surface area (Å²) in [5, 5.41) is 10.9. The van der Waals surface area contributed by atoms with Gasteiger partial charge in [0.05, 0.1) is 35.7 Å². The second-order valence-corrected chi connectivity index (χ2v) is 9.65. The molecule has 2 unspecified atom stereocenters. The Morgan fingerprint density at radius 2 is 1.91 bits per heavy atom. The van der Waals surface area contributed by atoms with Gasteiger partial charge in [0.1, 0.15) is 0 Å². The number of aryl methyl sites for hydroxylation is 1. The fourth-order valence-corrected chi connectivity index (χ4v) is 5.01. The topological polar surface area (TPSA) is 72.3 Å². The molecule has 2 aromatic heterocycles. The maximum atomic E-state index is 12.7. The number of anilines is 1. The maximum Gasteiger partial charge on any atom is 0.230 e. The third-order valence-electron chi connectivity index (χ3n) is 5.53. The van der Waals surface area contributed by atoms with E-state index in [1.54, 1.807) is 0 Å². The molecule has 0 bridgehead atoms. The lowest BCUT2D eigenvalue weighted by Crippen LogP contribution is -2.44. The molecule has 0 aliphatic carbocycles. The van der Waals surface area contributed by atoms with E-state index in [-0.39, 0.29) is 24.5 Å². The zero-order valence-electron chi connectivity index (χ0n) is 18.8. The van der Waals surface area contributed by atoms with Crippen molar-refractivity contribution in [2.45, 2.75) is 52.9 Å². The summed E-state index contributed by atoms with van der Waals surface area (Å²) in [4.78, 5) is 19.7. The molecule has 9 heteroatoms. The van der Waals surface area contributed by atoms with Crippen LogP contribution in [0.25, 0.3) is 5.69 Å². The van der Waals surface area contributed by atoms with Gasteiger partial charge in [0, 0.05) is 41.3 Å². The van der Waals surface area contributed by atoms with Crippen molar-refractivity contribution >= 4 is 34.0 Å². The molecule has 1 aromatic carbocycles. The number of halogens is 1. The Kier molecular flexibility index (Phi) is 6.95. The summed E-state index contributed by atoms with van der Waals surface area (Å²) in [5.74, 6) is -0.0960. The Labute approximate surface area is 197 Å². The molecule has 2 atom stereocenters. The van der Waals surface area contributed by atoms with E-state index < -0.39 is 0 Å². The van der Waals surface area contributed by atoms with Crippen LogP contribution in [-0.2, 0) is 22.5 Å². The van der Waals surface area contributed by atoms with E-state index in [4.69, 9.17) is 16.3 Å². The van der Waals surface area contributed by atoms with E-state index in [0.717, 1.165) is 48.0 Å².